The molecule has 2 N–H and O–H groups in total. The highest BCUT2D eigenvalue weighted by molar-refractivity contribution is 6.30. The van der Waals surface area contributed by atoms with E-state index in [-0.39, 0.29) is 12.4 Å². The molecule has 1 unspecified atom stereocenters. The molecule has 0 aromatic heterocycles. The lowest BCUT2D eigenvalue weighted by Gasteiger charge is -2.23. The lowest BCUT2D eigenvalue weighted by atomic mass is 10.1. The van der Waals surface area contributed by atoms with Gasteiger partial charge in [0.2, 0.25) is 0 Å². The Labute approximate surface area is 176 Å². The van der Waals surface area contributed by atoms with Gasteiger partial charge in [0, 0.05) is 10.0 Å². The number of aliphatic hydroxyl groups is 1. The molecule has 0 spiro atoms. The fourth-order valence-corrected chi connectivity index (χ4v) is 2.14. The van der Waals surface area contributed by atoms with Crippen LogP contribution < -0.4 is 5.32 Å². The molecule has 2 rings (SSSR count). The van der Waals surface area contributed by atoms with Crippen molar-refractivity contribution in [2.24, 2.45) is 0 Å². The average Bonchev–Trinajstić information content (AvgIpc) is 2.61. The number of benzene rings is 2. The van der Waals surface area contributed by atoms with E-state index in [1.807, 2.05) is 13.8 Å². The maximum absolute atomic E-state index is 12.1. The molecule has 0 saturated carbocycles. The van der Waals surface area contributed by atoms with Gasteiger partial charge in [-0.3, -0.25) is 0 Å². The zero-order valence-electron chi connectivity index (χ0n) is 16.8. The Bertz CT molecular complexity index is 686. The number of hydrogen-bond donors (Lipinski definition) is 2. The fourth-order valence-electron chi connectivity index (χ4n) is 1.84. The Kier molecular flexibility index (Phi) is 12.5. The van der Waals surface area contributed by atoms with Crippen molar-refractivity contribution in [2.75, 3.05) is 6.61 Å². The molecular weight excluding hydrogens is 404 g/mol. The summed E-state index contributed by atoms with van der Waals surface area (Å²) in [7, 11) is 0. The van der Waals surface area contributed by atoms with E-state index in [4.69, 9.17) is 27.9 Å². The van der Waals surface area contributed by atoms with Crippen LogP contribution in [0.25, 0.3) is 0 Å². The van der Waals surface area contributed by atoms with Crippen LogP contribution in [0.5, 0.6) is 0 Å². The van der Waals surface area contributed by atoms with E-state index < -0.39 is 17.7 Å². The first-order valence-corrected chi connectivity index (χ1v) is 9.63. The minimum atomic E-state index is -0.565. The standard InChI is InChI=1S/C13H18ClNO3.C6H4ClF.C2H6/c1-13(2,3)18-12(17)15-11(8-16)9-4-6-10(14)7-5-9;7-5-2-1-3-6(8)4-5;1-2/h4-7,11,16H,8H2,1-3H3,(H,15,17);1-4H;1-2H3. The predicted molar refractivity (Wildman–Crippen MR) is 113 cm³/mol. The maximum Gasteiger partial charge on any atom is 0.408 e. The summed E-state index contributed by atoms with van der Waals surface area (Å²) >= 11 is 11.2. The average molecular weight is 432 g/mol. The van der Waals surface area contributed by atoms with E-state index in [0.717, 1.165) is 5.56 Å². The van der Waals surface area contributed by atoms with Gasteiger partial charge < -0.3 is 15.2 Å². The highest BCUT2D eigenvalue weighted by Crippen LogP contribution is 2.17. The number of ether oxygens (including phenoxy) is 1. The molecule has 0 saturated heterocycles. The summed E-state index contributed by atoms with van der Waals surface area (Å²) in [5.41, 5.74) is 0.206. The smallest absolute Gasteiger partial charge is 0.408 e. The first-order valence-electron chi connectivity index (χ1n) is 8.87. The van der Waals surface area contributed by atoms with Crippen molar-refractivity contribution in [3.63, 3.8) is 0 Å². The SMILES string of the molecule is CC.CC(C)(C)OC(=O)NC(CO)c1ccc(Cl)cc1.Fc1cccc(Cl)c1. The largest absolute Gasteiger partial charge is 0.444 e. The van der Waals surface area contributed by atoms with Gasteiger partial charge in [0.05, 0.1) is 12.6 Å². The number of hydrogen-bond acceptors (Lipinski definition) is 3. The van der Waals surface area contributed by atoms with Gasteiger partial charge in [-0.25, -0.2) is 9.18 Å². The van der Waals surface area contributed by atoms with Crippen LogP contribution in [0, 0.1) is 5.82 Å². The molecule has 0 fully saturated rings. The summed E-state index contributed by atoms with van der Waals surface area (Å²) in [6.45, 7) is 9.13. The molecule has 0 bridgehead atoms. The van der Waals surface area contributed by atoms with Gasteiger partial charge in [-0.05, 0) is 56.7 Å². The second-order valence-corrected chi connectivity index (χ2v) is 7.25. The normalized spacial score (nSPS) is 11.2. The second kappa shape index (κ2) is 13.4. The summed E-state index contributed by atoms with van der Waals surface area (Å²) in [5, 5.41) is 12.9. The molecule has 156 valence electrons. The van der Waals surface area contributed by atoms with Crippen LogP contribution in [0.1, 0.15) is 46.2 Å². The monoisotopic (exact) mass is 431 g/mol. The van der Waals surface area contributed by atoms with Crippen LogP contribution in [0.15, 0.2) is 48.5 Å². The van der Waals surface area contributed by atoms with E-state index in [2.05, 4.69) is 5.32 Å². The van der Waals surface area contributed by atoms with Gasteiger partial charge >= 0.3 is 6.09 Å². The van der Waals surface area contributed by atoms with Crippen molar-refractivity contribution < 1.29 is 19.0 Å². The molecule has 1 amide bonds. The van der Waals surface area contributed by atoms with Gasteiger partial charge in [0.1, 0.15) is 11.4 Å². The zero-order chi connectivity index (χ0) is 21.7. The molecule has 28 heavy (non-hydrogen) atoms. The van der Waals surface area contributed by atoms with Crippen LogP contribution in [0.2, 0.25) is 10.0 Å². The van der Waals surface area contributed by atoms with Gasteiger partial charge in [0.15, 0.2) is 0 Å². The lowest BCUT2D eigenvalue weighted by Crippen LogP contribution is -2.36. The number of carbonyl (C=O) groups excluding carboxylic acids is 1. The molecule has 2 aromatic rings. The first kappa shape index (κ1) is 26.2. The summed E-state index contributed by atoms with van der Waals surface area (Å²) in [6.07, 6.45) is -0.559. The molecule has 4 nitrogen and oxygen atoms in total. The Balaban J connectivity index is 0.000000604. The highest BCUT2D eigenvalue weighted by atomic mass is 35.5. The van der Waals surface area contributed by atoms with Crippen LogP contribution in [-0.4, -0.2) is 23.4 Å². The molecule has 0 aliphatic carbocycles. The maximum atomic E-state index is 12.1. The van der Waals surface area contributed by atoms with Crippen molar-refractivity contribution in [3.05, 3.63) is 70.0 Å². The van der Waals surface area contributed by atoms with E-state index >= 15 is 0 Å². The van der Waals surface area contributed by atoms with Crippen molar-refractivity contribution in [3.8, 4) is 0 Å². The number of aliphatic hydroxyl groups excluding tert-OH is 1. The summed E-state index contributed by atoms with van der Waals surface area (Å²) in [4.78, 5) is 11.6. The van der Waals surface area contributed by atoms with Gasteiger partial charge in [-0.2, -0.15) is 0 Å². The fraction of sp³-hybridized carbons (Fsp3) is 0.381. The van der Waals surface area contributed by atoms with Crippen LogP contribution in [0.3, 0.4) is 0 Å². The van der Waals surface area contributed by atoms with E-state index in [1.54, 1.807) is 57.2 Å². The van der Waals surface area contributed by atoms with E-state index in [1.165, 1.54) is 12.1 Å². The molecule has 1 atom stereocenters. The Morgan fingerprint density at radius 3 is 2.07 bits per heavy atom. The topological polar surface area (TPSA) is 58.6 Å². The van der Waals surface area contributed by atoms with E-state index in [0.29, 0.717) is 10.0 Å². The second-order valence-electron chi connectivity index (χ2n) is 6.37. The predicted octanol–water partition coefficient (Wildman–Crippen LogP) is 6.40. The molecule has 0 aliphatic rings. The molecule has 0 aliphatic heterocycles. The number of alkyl carbamates (subject to hydrolysis) is 1. The molecule has 0 radical (unpaired) electrons. The third kappa shape index (κ3) is 11.8. The van der Waals surface area contributed by atoms with Crippen molar-refractivity contribution in [2.45, 2.75) is 46.3 Å². The summed E-state index contributed by atoms with van der Waals surface area (Å²) < 4.78 is 17.2. The highest BCUT2D eigenvalue weighted by Gasteiger charge is 2.19. The Morgan fingerprint density at radius 2 is 1.68 bits per heavy atom. The zero-order valence-corrected chi connectivity index (χ0v) is 18.3. The van der Waals surface area contributed by atoms with Gasteiger partial charge in [-0.15, -0.1) is 0 Å². The number of rotatable bonds is 3. The number of amides is 1. The minimum Gasteiger partial charge on any atom is -0.444 e. The van der Waals surface area contributed by atoms with Crippen LogP contribution in [-0.2, 0) is 4.74 Å². The van der Waals surface area contributed by atoms with Gasteiger partial charge in [0.25, 0.3) is 0 Å². The molecule has 7 heteroatoms. The Morgan fingerprint density at radius 1 is 1.11 bits per heavy atom. The number of carbonyl (C=O) groups is 1. The number of halogens is 3. The third-order valence-electron chi connectivity index (χ3n) is 2.93. The third-order valence-corrected chi connectivity index (χ3v) is 3.42. The van der Waals surface area contributed by atoms with Gasteiger partial charge in [-0.1, -0.05) is 55.2 Å². The van der Waals surface area contributed by atoms with Crippen molar-refractivity contribution >= 4 is 29.3 Å². The summed E-state index contributed by atoms with van der Waals surface area (Å²) in [5.74, 6) is -0.294. The van der Waals surface area contributed by atoms with E-state index in [9.17, 15) is 14.3 Å². The van der Waals surface area contributed by atoms with Crippen LogP contribution >= 0.6 is 23.2 Å². The van der Waals surface area contributed by atoms with Crippen molar-refractivity contribution in [1.29, 1.82) is 0 Å². The molecular formula is C21H28Cl2FNO3. The Hall–Kier alpha value is -1.82. The quantitative estimate of drug-likeness (QED) is 0.590. The van der Waals surface area contributed by atoms with Crippen LogP contribution in [0.4, 0.5) is 9.18 Å². The summed E-state index contributed by atoms with van der Waals surface area (Å²) in [6, 6.07) is 12.2. The molecule has 0 heterocycles. The lowest BCUT2D eigenvalue weighted by molar-refractivity contribution is 0.0482. The van der Waals surface area contributed by atoms with Crippen molar-refractivity contribution in [1.82, 2.24) is 5.32 Å². The number of nitrogens with one attached hydrogen (secondary N) is 1. The first-order chi connectivity index (χ1) is 13.1. The minimum absolute atomic E-state index is 0.207. The molecule has 2 aromatic carbocycles.